The van der Waals surface area contributed by atoms with E-state index in [-0.39, 0.29) is 4.90 Å². The van der Waals surface area contributed by atoms with Crippen LogP contribution in [0.4, 0.5) is 0 Å². The van der Waals surface area contributed by atoms with E-state index >= 15 is 0 Å². The molecule has 0 N–H and O–H groups in total. The zero-order chi connectivity index (χ0) is 22.3. The van der Waals surface area contributed by atoms with Crippen LogP contribution < -0.4 is 0 Å². The Morgan fingerprint density at radius 1 is 0.781 bits per heavy atom. The SMILES string of the molecule is COC(=O)c1ccc2cccc(-c3cn(S(=O)(=O)c4ccccc4)c4ccccc34)c2c1. The third-order valence-electron chi connectivity index (χ3n) is 5.57. The number of aromatic nitrogens is 1. The number of fused-ring (bicyclic) bond motifs is 2. The van der Waals surface area contributed by atoms with Gasteiger partial charge in [0.1, 0.15) is 0 Å². The Balaban J connectivity index is 1.80. The zero-order valence-corrected chi connectivity index (χ0v) is 18.0. The van der Waals surface area contributed by atoms with Gasteiger partial charge in [-0.2, -0.15) is 0 Å². The number of methoxy groups -OCH3 is 1. The van der Waals surface area contributed by atoms with Crippen LogP contribution in [0, 0.1) is 0 Å². The van der Waals surface area contributed by atoms with Crippen LogP contribution in [0.3, 0.4) is 0 Å². The summed E-state index contributed by atoms with van der Waals surface area (Å²) < 4.78 is 33.1. The second-order valence-electron chi connectivity index (χ2n) is 7.41. The first-order chi connectivity index (χ1) is 15.5. The van der Waals surface area contributed by atoms with Crippen LogP contribution in [0.15, 0.2) is 102 Å². The minimum Gasteiger partial charge on any atom is -0.465 e. The van der Waals surface area contributed by atoms with E-state index < -0.39 is 16.0 Å². The van der Waals surface area contributed by atoms with Gasteiger partial charge in [0, 0.05) is 17.1 Å². The van der Waals surface area contributed by atoms with E-state index in [4.69, 9.17) is 4.74 Å². The van der Waals surface area contributed by atoms with Crippen LogP contribution in [0.2, 0.25) is 0 Å². The van der Waals surface area contributed by atoms with Crippen molar-refractivity contribution < 1.29 is 17.9 Å². The Morgan fingerprint density at radius 2 is 1.53 bits per heavy atom. The summed E-state index contributed by atoms with van der Waals surface area (Å²) in [6, 6.07) is 27.0. The summed E-state index contributed by atoms with van der Waals surface area (Å²) in [4.78, 5) is 12.3. The molecule has 0 aliphatic carbocycles. The average molecular weight is 442 g/mol. The van der Waals surface area contributed by atoms with Gasteiger partial charge in [-0.15, -0.1) is 0 Å². The standard InChI is InChI=1S/C26H19NO4S/c1-31-26(28)19-15-14-18-8-7-12-21(23(18)16-19)24-17-27(25-13-6-5-11-22(24)25)32(29,30)20-9-3-2-4-10-20/h2-17H,1H3. The van der Waals surface area contributed by atoms with Gasteiger partial charge >= 0.3 is 5.97 Å². The van der Waals surface area contributed by atoms with E-state index in [1.807, 2.05) is 42.5 Å². The maximum atomic E-state index is 13.4. The minimum absolute atomic E-state index is 0.221. The summed E-state index contributed by atoms with van der Waals surface area (Å²) >= 11 is 0. The highest BCUT2D eigenvalue weighted by Gasteiger charge is 2.22. The number of hydrogen-bond acceptors (Lipinski definition) is 4. The highest BCUT2D eigenvalue weighted by atomic mass is 32.2. The second-order valence-corrected chi connectivity index (χ2v) is 9.22. The van der Waals surface area contributed by atoms with Crippen molar-refractivity contribution in [2.45, 2.75) is 4.90 Å². The highest BCUT2D eigenvalue weighted by Crippen LogP contribution is 2.37. The number of benzene rings is 4. The normalized spacial score (nSPS) is 11.7. The van der Waals surface area contributed by atoms with Crippen molar-refractivity contribution in [2.24, 2.45) is 0 Å². The monoisotopic (exact) mass is 441 g/mol. The molecule has 0 saturated carbocycles. The summed E-state index contributed by atoms with van der Waals surface area (Å²) in [5.74, 6) is -0.421. The molecular formula is C26H19NO4S. The average Bonchev–Trinajstić information content (AvgIpc) is 3.24. The summed E-state index contributed by atoms with van der Waals surface area (Å²) in [7, 11) is -2.44. The molecule has 6 heteroatoms. The van der Waals surface area contributed by atoms with Crippen molar-refractivity contribution in [3.63, 3.8) is 0 Å². The molecule has 0 fully saturated rings. The quantitative estimate of drug-likeness (QED) is 0.346. The van der Waals surface area contributed by atoms with Gasteiger partial charge in [-0.3, -0.25) is 0 Å². The number of nitrogens with zero attached hydrogens (tertiary/aromatic N) is 1. The third-order valence-corrected chi connectivity index (χ3v) is 7.26. The van der Waals surface area contributed by atoms with E-state index in [9.17, 15) is 13.2 Å². The molecule has 5 rings (SSSR count). The maximum Gasteiger partial charge on any atom is 0.337 e. The van der Waals surface area contributed by atoms with Gasteiger partial charge in [0.2, 0.25) is 0 Å². The smallest absolute Gasteiger partial charge is 0.337 e. The number of esters is 1. The van der Waals surface area contributed by atoms with Gasteiger partial charge in [-0.05, 0) is 46.7 Å². The summed E-state index contributed by atoms with van der Waals surface area (Å²) in [6.45, 7) is 0. The minimum atomic E-state index is -3.79. The Kier molecular flexibility index (Phi) is 4.79. The van der Waals surface area contributed by atoms with E-state index in [2.05, 4.69) is 0 Å². The number of carbonyl (C=O) groups is 1. The van der Waals surface area contributed by atoms with Gasteiger partial charge in [0.25, 0.3) is 10.0 Å². The molecule has 0 spiro atoms. The second kappa shape index (κ2) is 7.66. The van der Waals surface area contributed by atoms with Gasteiger partial charge in [0.15, 0.2) is 0 Å². The Bertz CT molecular complexity index is 1580. The van der Waals surface area contributed by atoms with E-state index in [1.54, 1.807) is 54.7 Å². The van der Waals surface area contributed by atoms with Crippen molar-refractivity contribution >= 4 is 37.7 Å². The first-order valence-electron chi connectivity index (χ1n) is 10.0. The van der Waals surface area contributed by atoms with Crippen LogP contribution in [-0.2, 0) is 14.8 Å². The highest BCUT2D eigenvalue weighted by molar-refractivity contribution is 7.90. The van der Waals surface area contributed by atoms with Crippen molar-refractivity contribution in [2.75, 3.05) is 7.11 Å². The lowest BCUT2D eigenvalue weighted by molar-refractivity contribution is 0.0601. The molecule has 32 heavy (non-hydrogen) atoms. The Labute approximate surface area is 185 Å². The van der Waals surface area contributed by atoms with Crippen molar-refractivity contribution in [1.29, 1.82) is 0 Å². The van der Waals surface area contributed by atoms with Crippen molar-refractivity contribution in [3.05, 3.63) is 103 Å². The molecule has 0 atom stereocenters. The summed E-state index contributed by atoms with van der Waals surface area (Å²) in [5.41, 5.74) is 2.64. The van der Waals surface area contributed by atoms with E-state index in [0.717, 1.165) is 27.3 Å². The molecule has 4 aromatic carbocycles. The topological polar surface area (TPSA) is 65.4 Å². The first kappa shape index (κ1) is 20.0. The molecule has 158 valence electrons. The van der Waals surface area contributed by atoms with Gasteiger partial charge in [-0.1, -0.05) is 60.7 Å². The maximum absolute atomic E-state index is 13.4. The van der Waals surface area contributed by atoms with Crippen LogP contribution in [0.1, 0.15) is 10.4 Å². The van der Waals surface area contributed by atoms with E-state index in [1.165, 1.54) is 11.1 Å². The van der Waals surface area contributed by atoms with Crippen molar-refractivity contribution in [3.8, 4) is 11.1 Å². The fraction of sp³-hybridized carbons (Fsp3) is 0.0385. The fourth-order valence-corrected chi connectivity index (χ4v) is 5.41. The van der Waals surface area contributed by atoms with Gasteiger partial charge in [-0.25, -0.2) is 17.2 Å². The number of ether oxygens (including phenoxy) is 1. The van der Waals surface area contributed by atoms with Gasteiger partial charge in [0.05, 0.1) is 23.1 Å². The lowest BCUT2D eigenvalue weighted by atomic mass is 9.96. The molecule has 0 radical (unpaired) electrons. The molecule has 1 aromatic heterocycles. The molecule has 0 aliphatic heterocycles. The first-order valence-corrected chi connectivity index (χ1v) is 11.5. The van der Waals surface area contributed by atoms with Crippen LogP contribution in [-0.4, -0.2) is 25.5 Å². The molecular weight excluding hydrogens is 422 g/mol. The summed E-state index contributed by atoms with van der Waals surface area (Å²) in [6.07, 6.45) is 1.66. The lowest BCUT2D eigenvalue weighted by Gasteiger charge is -2.08. The molecule has 0 saturated heterocycles. The predicted octanol–water partition coefficient (Wildman–Crippen LogP) is 5.49. The third kappa shape index (κ3) is 3.16. The van der Waals surface area contributed by atoms with Crippen molar-refractivity contribution in [1.82, 2.24) is 3.97 Å². The molecule has 0 amide bonds. The fourth-order valence-electron chi connectivity index (χ4n) is 4.02. The largest absolute Gasteiger partial charge is 0.465 e. The molecule has 0 unspecified atom stereocenters. The molecule has 0 bridgehead atoms. The van der Waals surface area contributed by atoms with Crippen LogP contribution >= 0.6 is 0 Å². The Hall–Kier alpha value is -3.90. The van der Waals surface area contributed by atoms with Gasteiger partial charge < -0.3 is 4.74 Å². The Morgan fingerprint density at radius 3 is 2.31 bits per heavy atom. The molecule has 5 aromatic rings. The zero-order valence-electron chi connectivity index (χ0n) is 17.2. The molecule has 0 aliphatic rings. The van der Waals surface area contributed by atoms with Crippen LogP contribution in [0.25, 0.3) is 32.8 Å². The number of hydrogen-bond donors (Lipinski definition) is 0. The molecule has 5 nitrogen and oxygen atoms in total. The van der Waals surface area contributed by atoms with E-state index in [0.29, 0.717) is 11.1 Å². The lowest BCUT2D eigenvalue weighted by Crippen LogP contribution is -2.11. The van der Waals surface area contributed by atoms with Crippen LogP contribution in [0.5, 0.6) is 0 Å². The number of carbonyl (C=O) groups excluding carboxylic acids is 1. The number of rotatable bonds is 4. The summed E-state index contributed by atoms with van der Waals surface area (Å²) in [5, 5.41) is 2.59. The predicted molar refractivity (Wildman–Crippen MR) is 125 cm³/mol. The number of para-hydroxylation sites is 1. The molecule has 1 heterocycles.